The van der Waals surface area contributed by atoms with Gasteiger partial charge in [-0.25, -0.2) is 13.6 Å². The Hall–Kier alpha value is -3.41. The number of carbonyl (C=O) groups excluding carboxylic acids is 1. The second-order valence-corrected chi connectivity index (χ2v) is 5.91. The average molecular weight is 368 g/mol. The summed E-state index contributed by atoms with van der Waals surface area (Å²) in [6.07, 6.45) is 0. The van der Waals surface area contributed by atoms with Crippen LogP contribution < -0.4 is 11.1 Å². The summed E-state index contributed by atoms with van der Waals surface area (Å²) in [4.78, 5) is 12.1. The van der Waals surface area contributed by atoms with Crippen LogP contribution in [0.2, 0.25) is 0 Å². The van der Waals surface area contributed by atoms with Crippen LogP contribution in [0.5, 0.6) is 0 Å². The third-order valence-electron chi connectivity index (χ3n) is 4.00. The van der Waals surface area contributed by atoms with E-state index in [0.717, 1.165) is 17.2 Å². The second-order valence-electron chi connectivity index (χ2n) is 5.91. The first kappa shape index (κ1) is 18.4. The minimum atomic E-state index is -1.01. The number of anilines is 2. The predicted octanol–water partition coefficient (Wildman–Crippen LogP) is 4.52. The summed E-state index contributed by atoms with van der Waals surface area (Å²) in [5, 5.41) is 2.77. The largest absolute Gasteiger partial charge is 0.457 e. The number of hydrogen-bond donors (Lipinski definition) is 2. The van der Waals surface area contributed by atoms with Gasteiger partial charge in [0, 0.05) is 6.54 Å². The van der Waals surface area contributed by atoms with E-state index in [1.165, 1.54) is 0 Å². The molecule has 27 heavy (non-hydrogen) atoms. The van der Waals surface area contributed by atoms with Crippen LogP contribution in [0.1, 0.15) is 21.5 Å². The number of hydrogen-bond acceptors (Lipinski definition) is 4. The number of ether oxygens (including phenoxy) is 1. The molecule has 3 rings (SSSR count). The molecule has 0 spiro atoms. The van der Waals surface area contributed by atoms with Gasteiger partial charge < -0.3 is 15.8 Å². The summed E-state index contributed by atoms with van der Waals surface area (Å²) in [6, 6.07) is 18.9. The van der Waals surface area contributed by atoms with Gasteiger partial charge in [0.25, 0.3) is 0 Å². The first-order valence-electron chi connectivity index (χ1n) is 8.32. The van der Waals surface area contributed by atoms with E-state index in [2.05, 4.69) is 5.32 Å². The molecule has 0 saturated heterocycles. The van der Waals surface area contributed by atoms with Crippen molar-refractivity contribution >= 4 is 17.3 Å². The van der Waals surface area contributed by atoms with Gasteiger partial charge in [-0.3, -0.25) is 0 Å². The fourth-order valence-corrected chi connectivity index (χ4v) is 2.56. The zero-order chi connectivity index (χ0) is 19.2. The van der Waals surface area contributed by atoms with Crippen molar-refractivity contribution in [1.29, 1.82) is 0 Å². The van der Waals surface area contributed by atoms with Gasteiger partial charge in [-0.1, -0.05) is 60.7 Å². The molecule has 0 aliphatic heterocycles. The maximum absolute atomic E-state index is 14.5. The highest BCUT2D eigenvalue weighted by Gasteiger charge is 2.22. The molecule has 0 amide bonds. The van der Waals surface area contributed by atoms with Crippen LogP contribution in [-0.4, -0.2) is 5.97 Å². The second kappa shape index (κ2) is 8.31. The van der Waals surface area contributed by atoms with Gasteiger partial charge in [0.05, 0.1) is 11.4 Å². The Morgan fingerprint density at radius 3 is 2.19 bits per heavy atom. The van der Waals surface area contributed by atoms with E-state index in [1.54, 1.807) is 24.3 Å². The molecule has 3 aromatic rings. The summed E-state index contributed by atoms with van der Waals surface area (Å²) in [6.45, 7) is 0.216. The Balaban J connectivity index is 1.74. The molecule has 0 aliphatic rings. The van der Waals surface area contributed by atoms with Crippen molar-refractivity contribution in [3.8, 4) is 0 Å². The molecule has 0 aromatic heterocycles. The van der Waals surface area contributed by atoms with Crippen LogP contribution in [0.15, 0.2) is 66.7 Å². The number of carbonyl (C=O) groups is 1. The highest BCUT2D eigenvalue weighted by atomic mass is 19.1. The molecule has 0 atom stereocenters. The fourth-order valence-electron chi connectivity index (χ4n) is 2.56. The fraction of sp³-hybridized carbons (Fsp3) is 0.0952. The summed E-state index contributed by atoms with van der Waals surface area (Å²) in [5.41, 5.74) is 6.14. The summed E-state index contributed by atoms with van der Waals surface area (Å²) >= 11 is 0. The number of nitrogens with one attached hydrogen (secondary N) is 1. The van der Waals surface area contributed by atoms with E-state index >= 15 is 0 Å². The Kier molecular flexibility index (Phi) is 5.66. The molecule has 0 radical (unpaired) electrons. The van der Waals surface area contributed by atoms with Crippen molar-refractivity contribution in [3.05, 3.63) is 95.1 Å². The highest BCUT2D eigenvalue weighted by Crippen LogP contribution is 2.29. The maximum atomic E-state index is 14.5. The van der Waals surface area contributed by atoms with Gasteiger partial charge in [0.15, 0.2) is 5.82 Å². The standard InChI is InChI=1S/C21H18F2N2O2/c22-17-11-16(21(26)27-13-15-9-5-2-6-10-15)18(23)19(24)20(17)25-12-14-7-3-1-4-8-14/h1-11,25H,12-13,24H2. The maximum Gasteiger partial charge on any atom is 0.341 e. The molecule has 0 bridgehead atoms. The van der Waals surface area contributed by atoms with E-state index in [4.69, 9.17) is 10.5 Å². The predicted molar refractivity (Wildman–Crippen MR) is 100 cm³/mol. The lowest BCUT2D eigenvalue weighted by atomic mass is 10.1. The SMILES string of the molecule is Nc1c(F)c(C(=O)OCc2ccccc2)cc(F)c1NCc1ccccc1. The average Bonchev–Trinajstić information content (AvgIpc) is 2.70. The smallest absolute Gasteiger partial charge is 0.341 e. The van der Waals surface area contributed by atoms with Gasteiger partial charge in [-0.05, 0) is 17.2 Å². The van der Waals surface area contributed by atoms with E-state index < -0.39 is 28.9 Å². The van der Waals surface area contributed by atoms with Gasteiger partial charge in [0.1, 0.15) is 18.0 Å². The topological polar surface area (TPSA) is 64.4 Å². The van der Waals surface area contributed by atoms with Gasteiger partial charge in [0.2, 0.25) is 0 Å². The Labute approximate surface area is 155 Å². The van der Waals surface area contributed by atoms with Crippen molar-refractivity contribution in [3.63, 3.8) is 0 Å². The number of nitrogens with two attached hydrogens (primary N) is 1. The van der Waals surface area contributed by atoms with E-state index in [9.17, 15) is 13.6 Å². The van der Waals surface area contributed by atoms with Crippen molar-refractivity contribution in [2.75, 3.05) is 11.1 Å². The van der Waals surface area contributed by atoms with Crippen LogP contribution in [0.25, 0.3) is 0 Å². The number of esters is 1. The monoisotopic (exact) mass is 368 g/mol. The van der Waals surface area contributed by atoms with Crippen LogP contribution in [0.3, 0.4) is 0 Å². The first-order chi connectivity index (χ1) is 13.1. The molecule has 6 heteroatoms. The van der Waals surface area contributed by atoms with E-state index in [1.807, 2.05) is 36.4 Å². The van der Waals surface area contributed by atoms with Crippen LogP contribution in [0, 0.1) is 11.6 Å². The first-order valence-corrected chi connectivity index (χ1v) is 8.32. The van der Waals surface area contributed by atoms with Gasteiger partial charge in [-0.15, -0.1) is 0 Å². The number of halogens is 2. The molecular formula is C21H18F2N2O2. The third-order valence-corrected chi connectivity index (χ3v) is 4.00. The zero-order valence-electron chi connectivity index (χ0n) is 14.4. The van der Waals surface area contributed by atoms with Crippen molar-refractivity contribution in [2.45, 2.75) is 13.2 Å². The molecule has 0 aliphatic carbocycles. The molecular weight excluding hydrogens is 350 g/mol. The zero-order valence-corrected chi connectivity index (χ0v) is 14.4. The van der Waals surface area contributed by atoms with Gasteiger partial charge in [-0.2, -0.15) is 0 Å². The molecule has 138 valence electrons. The summed E-state index contributed by atoms with van der Waals surface area (Å²) in [5.74, 6) is -2.81. The lowest BCUT2D eigenvalue weighted by molar-refractivity contribution is 0.0467. The highest BCUT2D eigenvalue weighted by molar-refractivity contribution is 5.92. The van der Waals surface area contributed by atoms with Crippen molar-refractivity contribution in [2.24, 2.45) is 0 Å². The number of benzene rings is 3. The Morgan fingerprint density at radius 2 is 1.56 bits per heavy atom. The Bertz CT molecular complexity index is 932. The molecule has 0 saturated carbocycles. The van der Waals surface area contributed by atoms with Crippen molar-refractivity contribution in [1.82, 2.24) is 0 Å². The van der Waals surface area contributed by atoms with Gasteiger partial charge >= 0.3 is 5.97 Å². The number of rotatable bonds is 6. The van der Waals surface area contributed by atoms with E-state index in [0.29, 0.717) is 0 Å². The molecule has 0 fully saturated rings. The van der Waals surface area contributed by atoms with Crippen molar-refractivity contribution < 1.29 is 18.3 Å². The normalized spacial score (nSPS) is 10.4. The summed E-state index contributed by atoms with van der Waals surface area (Å²) < 4.78 is 34.0. The number of nitrogen functional groups attached to an aromatic ring is 1. The molecule has 3 N–H and O–H groups in total. The lowest BCUT2D eigenvalue weighted by Gasteiger charge is -2.14. The molecule has 0 unspecified atom stereocenters. The lowest BCUT2D eigenvalue weighted by Crippen LogP contribution is -2.13. The van der Waals surface area contributed by atoms with E-state index in [-0.39, 0.29) is 18.8 Å². The minimum absolute atomic E-state index is 0.0470. The molecule has 0 heterocycles. The van der Waals surface area contributed by atoms with Crippen LogP contribution in [-0.2, 0) is 17.9 Å². The molecule has 4 nitrogen and oxygen atoms in total. The third kappa shape index (κ3) is 4.41. The molecule has 3 aromatic carbocycles. The van der Waals surface area contributed by atoms with Crippen LogP contribution >= 0.6 is 0 Å². The van der Waals surface area contributed by atoms with Crippen LogP contribution in [0.4, 0.5) is 20.2 Å². The quantitative estimate of drug-likeness (QED) is 0.496. The summed E-state index contributed by atoms with van der Waals surface area (Å²) in [7, 11) is 0. The minimum Gasteiger partial charge on any atom is -0.457 e. The Morgan fingerprint density at radius 1 is 0.963 bits per heavy atom.